The Morgan fingerprint density at radius 1 is 1.18 bits per heavy atom. The zero-order valence-corrected chi connectivity index (χ0v) is 11.1. The third-order valence-electron chi connectivity index (χ3n) is 2.91. The van der Waals surface area contributed by atoms with E-state index in [4.69, 9.17) is 4.74 Å². The Kier molecular flexibility index (Phi) is 5.16. The van der Waals surface area contributed by atoms with Gasteiger partial charge in [-0.15, -0.1) is 0 Å². The first kappa shape index (κ1) is 13.7. The summed E-state index contributed by atoms with van der Waals surface area (Å²) in [7, 11) is 1.73. The molecule has 0 aliphatic rings. The summed E-state index contributed by atoms with van der Waals surface area (Å²) in [6, 6.07) is 4.36. The summed E-state index contributed by atoms with van der Waals surface area (Å²) in [4.78, 5) is 11.2. The number of carbonyl (C=O) groups is 1. The minimum atomic E-state index is -0.200. The third kappa shape index (κ3) is 4.19. The topological polar surface area (TPSA) is 38.3 Å². The molecule has 3 nitrogen and oxygen atoms in total. The average molecular weight is 235 g/mol. The summed E-state index contributed by atoms with van der Waals surface area (Å²) in [6.07, 6.45) is 0.780. The molecule has 0 fully saturated rings. The van der Waals surface area contributed by atoms with Gasteiger partial charge in [-0.1, -0.05) is 12.1 Å². The van der Waals surface area contributed by atoms with Gasteiger partial charge in [0.05, 0.1) is 13.2 Å². The van der Waals surface area contributed by atoms with Crippen molar-refractivity contribution in [3.8, 4) is 0 Å². The number of ether oxygens (including phenoxy) is 1. The molecule has 0 heterocycles. The minimum absolute atomic E-state index is 0.200. The maximum absolute atomic E-state index is 11.2. The lowest BCUT2D eigenvalue weighted by Crippen LogP contribution is -2.21. The van der Waals surface area contributed by atoms with Crippen LogP contribution in [0, 0.1) is 20.8 Å². The number of hydrogen-bond donors (Lipinski definition) is 1. The highest BCUT2D eigenvalue weighted by Crippen LogP contribution is 2.15. The van der Waals surface area contributed by atoms with Crippen molar-refractivity contribution in [1.29, 1.82) is 0 Å². The molecule has 17 heavy (non-hydrogen) atoms. The van der Waals surface area contributed by atoms with Crippen molar-refractivity contribution in [3.05, 3.63) is 34.4 Å². The number of esters is 1. The normalized spacial score (nSPS) is 10.4. The fourth-order valence-electron chi connectivity index (χ4n) is 1.76. The van der Waals surface area contributed by atoms with Crippen LogP contribution in [0.15, 0.2) is 12.1 Å². The van der Waals surface area contributed by atoms with Crippen molar-refractivity contribution >= 4 is 5.97 Å². The molecule has 3 heteroatoms. The number of hydrogen-bond acceptors (Lipinski definition) is 3. The van der Waals surface area contributed by atoms with Crippen molar-refractivity contribution < 1.29 is 9.53 Å². The van der Waals surface area contributed by atoms with E-state index in [1.165, 1.54) is 22.3 Å². The quantitative estimate of drug-likeness (QED) is 0.792. The number of aryl methyl sites for hydroxylation is 3. The minimum Gasteiger partial charge on any atom is -0.464 e. The fourth-order valence-corrected chi connectivity index (χ4v) is 1.76. The van der Waals surface area contributed by atoms with E-state index in [9.17, 15) is 4.79 Å². The van der Waals surface area contributed by atoms with Crippen LogP contribution in [0.1, 0.15) is 22.3 Å². The van der Waals surface area contributed by atoms with E-state index < -0.39 is 0 Å². The number of benzene rings is 1. The Morgan fingerprint density at radius 2 is 1.82 bits per heavy atom. The van der Waals surface area contributed by atoms with Gasteiger partial charge in [-0.3, -0.25) is 4.79 Å². The van der Waals surface area contributed by atoms with E-state index in [0.717, 1.165) is 6.42 Å². The van der Waals surface area contributed by atoms with E-state index in [1.807, 2.05) is 0 Å². The summed E-state index contributed by atoms with van der Waals surface area (Å²) >= 11 is 0. The predicted octanol–water partition coefficient (Wildman–Crippen LogP) is 1.92. The van der Waals surface area contributed by atoms with Crippen LogP contribution >= 0.6 is 0 Å². The summed E-state index contributed by atoms with van der Waals surface area (Å²) in [6.45, 7) is 7.03. The molecule has 0 aromatic heterocycles. The van der Waals surface area contributed by atoms with Gasteiger partial charge in [-0.05, 0) is 50.1 Å². The second kappa shape index (κ2) is 6.40. The number of carbonyl (C=O) groups excluding carboxylic acids is 1. The maximum Gasteiger partial charge on any atom is 0.319 e. The standard InChI is InChI=1S/C14H21NO2/c1-10-7-12(3)13(8-11(10)2)5-6-17-14(16)9-15-4/h7-8,15H,5-6,9H2,1-4H3. The molecule has 1 N–H and O–H groups in total. The first-order valence-electron chi connectivity index (χ1n) is 5.91. The van der Waals surface area contributed by atoms with Crippen LogP contribution in [0.4, 0.5) is 0 Å². The van der Waals surface area contributed by atoms with Crippen molar-refractivity contribution in [2.45, 2.75) is 27.2 Å². The molecule has 1 aromatic carbocycles. The average Bonchev–Trinajstić information content (AvgIpc) is 2.26. The summed E-state index contributed by atoms with van der Waals surface area (Å²) in [5, 5.41) is 2.77. The molecule has 1 rings (SSSR count). The van der Waals surface area contributed by atoms with Gasteiger partial charge in [0.25, 0.3) is 0 Å². The Morgan fingerprint density at radius 3 is 2.47 bits per heavy atom. The van der Waals surface area contributed by atoms with Crippen molar-refractivity contribution in [2.75, 3.05) is 20.2 Å². The van der Waals surface area contributed by atoms with Crippen LogP contribution in [0.5, 0.6) is 0 Å². The van der Waals surface area contributed by atoms with E-state index in [-0.39, 0.29) is 12.5 Å². The SMILES string of the molecule is CNCC(=O)OCCc1cc(C)c(C)cc1C. The molecule has 0 atom stereocenters. The monoisotopic (exact) mass is 235 g/mol. The van der Waals surface area contributed by atoms with Crippen LogP contribution in [0.2, 0.25) is 0 Å². The highest BCUT2D eigenvalue weighted by molar-refractivity contribution is 5.71. The van der Waals surface area contributed by atoms with Crippen LogP contribution in [-0.4, -0.2) is 26.2 Å². The summed E-state index contributed by atoms with van der Waals surface area (Å²) < 4.78 is 5.11. The van der Waals surface area contributed by atoms with Gasteiger partial charge in [0.2, 0.25) is 0 Å². The molecular weight excluding hydrogens is 214 g/mol. The molecule has 0 spiro atoms. The second-order valence-electron chi connectivity index (χ2n) is 4.36. The third-order valence-corrected chi connectivity index (χ3v) is 2.91. The highest BCUT2D eigenvalue weighted by atomic mass is 16.5. The molecule has 0 saturated heterocycles. The van der Waals surface area contributed by atoms with Gasteiger partial charge in [-0.2, -0.15) is 0 Å². The first-order chi connectivity index (χ1) is 8.04. The van der Waals surface area contributed by atoms with Crippen molar-refractivity contribution in [1.82, 2.24) is 5.32 Å². The molecule has 0 aliphatic carbocycles. The van der Waals surface area contributed by atoms with Gasteiger partial charge in [-0.25, -0.2) is 0 Å². The highest BCUT2D eigenvalue weighted by Gasteiger charge is 2.04. The molecule has 94 valence electrons. The smallest absolute Gasteiger partial charge is 0.319 e. The molecule has 0 unspecified atom stereocenters. The molecule has 0 saturated carbocycles. The van der Waals surface area contributed by atoms with E-state index >= 15 is 0 Å². The zero-order valence-electron chi connectivity index (χ0n) is 11.1. The summed E-state index contributed by atoms with van der Waals surface area (Å²) in [5.41, 5.74) is 5.11. The van der Waals surface area contributed by atoms with Crippen LogP contribution in [0.3, 0.4) is 0 Å². The number of rotatable bonds is 5. The summed E-state index contributed by atoms with van der Waals surface area (Å²) in [5.74, 6) is -0.200. The van der Waals surface area contributed by atoms with Gasteiger partial charge < -0.3 is 10.1 Å². The van der Waals surface area contributed by atoms with Gasteiger partial charge in [0.1, 0.15) is 0 Å². The molecule has 0 bridgehead atoms. The van der Waals surface area contributed by atoms with Crippen molar-refractivity contribution in [2.24, 2.45) is 0 Å². The largest absolute Gasteiger partial charge is 0.464 e. The molecule has 0 aliphatic heterocycles. The van der Waals surface area contributed by atoms with Gasteiger partial charge >= 0.3 is 5.97 Å². The molecule has 0 amide bonds. The molecule has 1 aromatic rings. The fraction of sp³-hybridized carbons (Fsp3) is 0.500. The van der Waals surface area contributed by atoms with Crippen LogP contribution in [0.25, 0.3) is 0 Å². The Bertz CT molecular complexity index is 399. The molecule has 0 radical (unpaired) electrons. The van der Waals surface area contributed by atoms with E-state index in [2.05, 4.69) is 38.2 Å². The first-order valence-corrected chi connectivity index (χ1v) is 5.91. The van der Waals surface area contributed by atoms with E-state index in [1.54, 1.807) is 7.05 Å². The van der Waals surface area contributed by atoms with Crippen LogP contribution < -0.4 is 5.32 Å². The van der Waals surface area contributed by atoms with Crippen LogP contribution in [-0.2, 0) is 16.0 Å². The van der Waals surface area contributed by atoms with Crippen molar-refractivity contribution in [3.63, 3.8) is 0 Å². The van der Waals surface area contributed by atoms with Gasteiger partial charge in [0.15, 0.2) is 0 Å². The lowest BCUT2D eigenvalue weighted by atomic mass is 9.99. The van der Waals surface area contributed by atoms with Gasteiger partial charge in [0, 0.05) is 6.42 Å². The lowest BCUT2D eigenvalue weighted by Gasteiger charge is -2.10. The Hall–Kier alpha value is -1.35. The molecular formula is C14H21NO2. The second-order valence-corrected chi connectivity index (χ2v) is 4.36. The lowest BCUT2D eigenvalue weighted by molar-refractivity contribution is -0.142. The van der Waals surface area contributed by atoms with E-state index in [0.29, 0.717) is 6.61 Å². The number of likely N-dealkylation sites (N-methyl/N-ethyl adjacent to an activating group) is 1. The maximum atomic E-state index is 11.2. The number of nitrogens with one attached hydrogen (secondary N) is 1. The Labute approximate surface area is 103 Å². The Balaban J connectivity index is 2.52. The zero-order chi connectivity index (χ0) is 12.8. The predicted molar refractivity (Wildman–Crippen MR) is 69.2 cm³/mol.